The van der Waals surface area contributed by atoms with Gasteiger partial charge in [-0.3, -0.25) is 0 Å². The summed E-state index contributed by atoms with van der Waals surface area (Å²) in [4.78, 5) is 10.4. The first-order chi connectivity index (χ1) is 7.84. The maximum Gasteiger partial charge on any atom is 0.217 e. The molecule has 2 heterocycles. The van der Waals surface area contributed by atoms with E-state index in [0.29, 0.717) is 0 Å². The predicted molar refractivity (Wildman–Crippen MR) is 67.1 cm³/mol. The highest BCUT2D eigenvalue weighted by atomic mass is 15.1. The minimum atomic E-state index is 1.07. The average Bonchev–Trinajstić information content (AvgIpc) is 2.72. The summed E-state index contributed by atoms with van der Waals surface area (Å²) in [6, 6.07) is 6.58. The van der Waals surface area contributed by atoms with Gasteiger partial charge >= 0.3 is 0 Å². The van der Waals surface area contributed by atoms with Gasteiger partial charge in [-0.05, 0) is 23.6 Å². The summed E-state index contributed by atoms with van der Waals surface area (Å²) in [5.74, 6) is 0. The molecule has 1 aliphatic heterocycles. The van der Waals surface area contributed by atoms with Gasteiger partial charge < -0.3 is 4.81 Å². The Kier molecular flexibility index (Phi) is 2.13. The fraction of sp³-hybridized carbons (Fsp3) is 0.167. The number of rotatable bonds is 1. The van der Waals surface area contributed by atoms with Crippen molar-refractivity contribution < 1.29 is 0 Å². The number of anilines is 1. The fourth-order valence-corrected chi connectivity index (χ4v) is 2.17. The number of fused-ring (bicyclic) bond motifs is 1. The van der Waals surface area contributed by atoms with Crippen molar-refractivity contribution in [1.82, 2.24) is 9.97 Å². The van der Waals surface area contributed by atoms with Crippen molar-refractivity contribution in [1.29, 1.82) is 0 Å². The summed E-state index contributed by atoms with van der Waals surface area (Å²) in [5, 5.41) is 0. The van der Waals surface area contributed by atoms with E-state index in [-0.39, 0.29) is 0 Å². The molecule has 0 unspecified atom stereocenters. The van der Waals surface area contributed by atoms with E-state index in [9.17, 15) is 0 Å². The van der Waals surface area contributed by atoms with Crippen LogP contribution in [0.3, 0.4) is 0 Å². The van der Waals surface area contributed by atoms with Gasteiger partial charge in [-0.15, -0.1) is 0 Å². The molecule has 0 spiro atoms. The summed E-state index contributed by atoms with van der Waals surface area (Å²) < 4.78 is 0. The maximum absolute atomic E-state index is 4.05. The van der Waals surface area contributed by atoms with Crippen molar-refractivity contribution >= 4 is 13.7 Å². The maximum atomic E-state index is 4.05. The van der Waals surface area contributed by atoms with Crippen molar-refractivity contribution in [3.63, 3.8) is 0 Å². The molecular formula is C12H12BN3. The van der Waals surface area contributed by atoms with Gasteiger partial charge in [0.05, 0.1) is 0 Å². The molecule has 0 fully saturated rings. The zero-order valence-electron chi connectivity index (χ0n) is 9.22. The smallest absolute Gasteiger partial charge is 0.217 e. The summed E-state index contributed by atoms with van der Waals surface area (Å²) in [6.07, 6.45) is 6.41. The van der Waals surface area contributed by atoms with Crippen molar-refractivity contribution in [2.24, 2.45) is 0 Å². The highest BCUT2D eigenvalue weighted by Crippen LogP contribution is 2.30. The number of hydrogen-bond acceptors (Lipinski definition) is 3. The lowest BCUT2D eigenvalue weighted by molar-refractivity contribution is 1.05. The minimum Gasteiger partial charge on any atom is -0.421 e. The molecule has 0 amide bonds. The third-order valence-corrected chi connectivity index (χ3v) is 3.11. The molecule has 16 heavy (non-hydrogen) atoms. The van der Waals surface area contributed by atoms with Crippen LogP contribution in [0.25, 0.3) is 11.1 Å². The van der Waals surface area contributed by atoms with Crippen LogP contribution in [0.5, 0.6) is 0 Å². The Morgan fingerprint density at radius 1 is 1.12 bits per heavy atom. The van der Waals surface area contributed by atoms with E-state index in [1.807, 2.05) is 12.4 Å². The van der Waals surface area contributed by atoms with E-state index in [1.54, 1.807) is 6.33 Å². The largest absolute Gasteiger partial charge is 0.421 e. The summed E-state index contributed by atoms with van der Waals surface area (Å²) in [6.45, 7) is 1.12. The second-order valence-electron chi connectivity index (χ2n) is 4.14. The van der Waals surface area contributed by atoms with Gasteiger partial charge in [-0.25, -0.2) is 9.97 Å². The van der Waals surface area contributed by atoms with Gasteiger partial charge in [0.1, 0.15) is 6.33 Å². The zero-order chi connectivity index (χ0) is 11.0. The van der Waals surface area contributed by atoms with Crippen LogP contribution in [-0.4, -0.2) is 24.5 Å². The summed E-state index contributed by atoms with van der Waals surface area (Å²) >= 11 is 0. The number of aromatic nitrogens is 2. The summed E-state index contributed by atoms with van der Waals surface area (Å²) in [7, 11) is 2.14. The van der Waals surface area contributed by atoms with Gasteiger partial charge in [-0.1, -0.05) is 12.1 Å². The molecule has 0 radical (unpaired) electrons. The second-order valence-corrected chi connectivity index (χ2v) is 4.14. The van der Waals surface area contributed by atoms with Gasteiger partial charge in [0.15, 0.2) is 0 Å². The molecule has 1 aromatic heterocycles. The number of nitrogens with zero attached hydrogens (tertiary/aromatic N) is 3. The molecule has 2 aromatic rings. The number of benzene rings is 1. The average molecular weight is 209 g/mol. The molecule has 1 aromatic carbocycles. The van der Waals surface area contributed by atoms with Crippen LogP contribution in [0.15, 0.2) is 36.9 Å². The fourth-order valence-electron chi connectivity index (χ4n) is 2.17. The Balaban J connectivity index is 2.08. The monoisotopic (exact) mass is 209 g/mol. The van der Waals surface area contributed by atoms with Crippen LogP contribution >= 0.6 is 0 Å². The van der Waals surface area contributed by atoms with Gasteiger partial charge in [0.25, 0.3) is 0 Å². The van der Waals surface area contributed by atoms with Gasteiger partial charge in [-0.2, -0.15) is 0 Å². The Hall–Kier alpha value is -1.84. The first kappa shape index (κ1) is 9.40. The van der Waals surface area contributed by atoms with Crippen molar-refractivity contribution in [2.75, 3.05) is 11.4 Å². The molecule has 0 aliphatic carbocycles. The molecule has 0 saturated heterocycles. The lowest BCUT2D eigenvalue weighted by Crippen LogP contribution is -2.14. The van der Waals surface area contributed by atoms with E-state index in [1.165, 1.54) is 16.8 Å². The lowest BCUT2D eigenvalue weighted by atomic mass is 10.0. The third-order valence-electron chi connectivity index (χ3n) is 3.11. The SMILES string of the molecule is BN1CCc2ccc(-c3cncnc3)cc21. The van der Waals surface area contributed by atoms with Gasteiger partial charge in [0.2, 0.25) is 7.98 Å². The zero-order valence-corrected chi connectivity index (χ0v) is 9.22. The predicted octanol–water partition coefficient (Wildman–Crippen LogP) is 1.05. The van der Waals surface area contributed by atoms with Crippen molar-refractivity contribution in [3.8, 4) is 11.1 Å². The molecule has 0 atom stereocenters. The molecule has 0 saturated carbocycles. The van der Waals surface area contributed by atoms with E-state index in [2.05, 4.69) is 41.0 Å². The standard InChI is InChI=1S/C12H12BN3/c13-16-4-3-9-1-2-10(5-12(9)16)11-6-14-8-15-7-11/h1-2,5-8H,3-4,13H2. The Morgan fingerprint density at radius 2 is 1.94 bits per heavy atom. The van der Waals surface area contributed by atoms with Crippen molar-refractivity contribution in [3.05, 3.63) is 42.5 Å². The van der Waals surface area contributed by atoms with E-state index >= 15 is 0 Å². The third kappa shape index (κ3) is 1.47. The molecular weight excluding hydrogens is 197 g/mol. The van der Waals surface area contributed by atoms with Crippen molar-refractivity contribution in [2.45, 2.75) is 6.42 Å². The molecule has 1 aliphatic rings. The van der Waals surface area contributed by atoms with E-state index < -0.39 is 0 Å². The molecule has 0 bridgehead atoms. The Bertz CT molecular complexity index is 513. The molecule has 4 heteroatoms. The van der Waals surface area contributed by atoms with Crippen LogP contribution in [0, 0.1) is 0 Å². The lowest BCUT2D eigenvalue weighted by Gasteiger charge is -2.13. The molecule has 3 rings (SSSR count). The molecule has 78 valence electrons. The highest BCUT2D eigenvalue weighted by molar-refractivity contribution is 6.18. The minimum absolute atomic E-state index is 1.07. The number of hydrogen-bond donors (Lipinski definition) is 0. The Labute approximate surface area is 95.6 Å². The normalized spacial score (nSPS) is 13.9. The van der Waals surface area contributed by atoms with Gasteiger partial charge in [0, 0.05) is 30.2 Å². The van der Waals surface area contributed by atoms with Crippen LogP contribution in [0.2, 0.25) is 0 Å². The second kappa shape index (κ2) is 3.63. The van der Waals surface area contributed by atoms with Crippen LogP contribution in [0.1, 0.15) is 5.56 Å². The van der Waals surface area contributed by atoms with Crippen LogP contribution in [0.4, 0.5) is 5.69 Å². The summed E-state index contributed by atoms with van der Waals surface area (Å²) in [5.41, 5.74) is 5.03. The first-order valence-corrected chi connectivity index (χ1v) is 5.44. The molecule has 3 nitrogen and oxygen atoms in total. The van der Waals surface area contributed by atoms with Crippen LogP contribution in [-0.2, 0) is 6.42 Å². The quantitative estimate of drug-likeness (QED) is 0.657. The highest BCUT2D eigenvalue weighted by Gasteiger charge is 2.15. The van der Waals surface area contributed by atoms with E-state index in [4.69, 9.17) is 0 Å². The van der Waals surface area contributed by atoms with E-state index in [0.717, 1.165) is 18.5 Å². The Morgan fingerprint density at radius 3 is 2.75 bits per heavy atom. The van der Waals surface area contributed by atoms with Crippen LogP contribution < -0.4 is 4.81 Å². The molecule has 0 N–H and O–H groups in total. The first-order valence-electron chi connectivity index (χ1n) is 5.44. The topological polar surface area (TPSA) is 29.0 Å².